The highest BCUT2D eigenvalue weighted by molar-refractivity contribution is 7.80. The summed E-state index contributed by atoms with van der Waals surface area (Å²) in [7, 11) is 0. The molecule has 2 aromatic rings. The van der Waals surface area contributed by atoms with Crippen LogP contribution in [0.15, 0.2) is 30.3 Å². The van der Waals surface area contributed by atoms with E-state index in [0.717, 1.165) is 36.1 Å². The van der Waals surface area contributed by atoms with Crippen molar-refractivity contribution in [2.45, 2.75) is 13.8 Å². The Morgan fingerprint density at radius 3 is 2.67 bits per heavy atom. The van der Waals surface area contributed by atoms with Gasteiger partial charge >= 0.3 is 0 Å². The summed E-state index contributed by atoms with van der Waals surface area (Å²) < 4.78 is 5.77. The molecule has 0 spiro atoms. The summed E-state index contributed by atoms with van der Waals surface area (Å²) in [6, 6.07) is 9.63. The topological polar surface area (TPSA) is 51.4 Å². The zero-order valence-electron chi connectivity index (χ0n) is 12.5. The molecule has 1 aromatic carbocycles. The normalized spacial score (nSPS) is 11.0. The van der Waals surface area contributed by atoms with Gasteiger partial charge in [0, 0.05) is 23.6 Å². The lowest BCUT2D eigenvalue weighted by Gasteiger charge is -2.18. The zero-order chi connectivity index (χ0) is 15.2. The van der Waals surface area contributed by atoms with Crippen LogP contribution in [-0.4, -0.2) is 41.1 Å². The van der Waals surface area contributed by atoms with E-state index in [4.69, 9.17) is 22.7 Å². The number of aromatic nitrogens is 1. The highest BCUT2D eigenvalue weighted by Gasteiger charge is 2.09. The minimum atomic E-state index is 0.363. The maximum Gasteiger partial charge on any atom is 0.214 e. The molecule has 1 heterocycles. The van der Waals surface area contributed by atoms with Crippen LogP contribution in [0.4, 0.5) is 0 Å². The summed E-state index contributed by atoms with van der Waals surface area (Å²) in [5, 5.41) is 0.959. The first-order valence-electron chi connectivity index (χ1n) is 7.20. The average Bonchev–Trinajstić information content (AvgIpc) is 2.50. The van der Waals surface area contributed by atoms with Gasteiger partial charge in [0.1, 0.15) is 11.6 Å². The van der Waals surface area contributed by atoms with Crippen molar-refractivity contribution in [2.24, 2.45) is 5.73 Å². The molecular weight excluding hydrogens is 282 g/mol. The smallest absolute Gasteiger partial charge is 0.214 e. The Morgan fingerprint density at radius 1 is 1.29 bits per heavy atom. The number of nitrogens with two attached hydrogens (primary N) is 1. The second-order valence-electron chi connectivity index (χ2n) is 4.76. The number of nitrogens with zero attached hydrogens (tertiary/aromatic N) is 2. The number of pyridine rings is 1. The van der Waals surface area contributed by atoms with Gasteiger partial charge in [0.2, 0.25) is 5.88 Å². The van der Waals surface area contributed by atoms with Crippen molar-refractivity contribution in [3.63, 3.8) is 0 Å². The number of hydrogen-bond donors (Lipinski definition) is 1. The van der Waals surface area contributed by atoms with Crippen LogP contribution in [0.2, 0.25) is 0 Å². The first-order valence-corrected chi connectivity index (χ1v) is 7.61. The third-order valence-corrected chi connectivity index (χ3v) is 3.73. The van der Waals surface area contributed by atoms with E-state index >= 15 is 0 Å². The summed E-state index contributed by atoms with van der Waals surface area (Å²) >= 11 is 5.13. The molecule has 0 bridgehead atoms. The van der Waals surface area contributed by atoms with Crippen molar-refractivity contribution in [3.05, 3.63) is 35.9 Å². The van der Waals surface area contributed by atoms with E-state index in [-0.39, 0.29) is 0 Å². The van der Waals surface area contributed by atoms with Crippen LogP contribution >= 0.6 is 12.2 Å². The van der Waals surface area contributed by atoms with Crippen molar-refractivity contribution in [1.82, 2.24) is 9.88 Å². The molecule has 21 heavy (non-hydrogen) atoms. The molecular formula is C16H21N3OS. The minimum absolute atomic E-state index is 0.363. The predicted octanol–water partition coefficient (Wildman–Crippen LogP) is 2.59. The third-order valence-electron chi connectivity index (χ3n) is 3.51. The van der Waals surface area contributed by atoms with Gasteiger partial charge in [-0.3, -0.25) is 0 Å². The maximum atomic E-state index is 5.81. The monoisotopic (exact) mass is 303 g/mol. The highest BCUT2D eigenvalue weighted by atomic mass is 32.1. The molecule has 5 heteroatoms. The summed E-state index contributed by atoms with van der Waals surface area (Å²) in [5.74, 6) is 0.573. The quantitative estimate of drug-likeness (QED) is 0.797. The summed E-state index contributed by atoms with van der Waals surface area (Å²) in [4.78, 5) is 7.18. The van der Waals surface area contributed by atoms with Gasteiger partial charge < -0.3 is 15.4 Å². The van der Waals surface area contributed by atoms with Crippen LogP contribution in [0.5, 0.6) is 5.88 Å². The average molecular weight is 303 g/mol. The van der Waals surface area contributed by atoms with Crippen LogP contribution in [0.3, 0.4) is 0 Å². The Morgan fingerprint density at radius 2 is 2.00 bits per heavy atom. The van der Waals surface area contributed by atoms with Crippen LogP contribution in [0.1, 0.15) is 19.4 Å². The fourth-order valence-electron chi connectivity index (χ4n) is 2.25. The molecule has 112 valence electrons. The van der Waals surface area contributed by atoms with E-state index in [1.807, 2.05) is 30.3 Å². The molecule has 2 rings (SSSR count). The van der Waals surface area contributed by atoms with Gasteiger partial charge in [-0.1, -0.05) is 44.3 Å². The molecule has 1 aromatic heterocycles. The van der Waals surface area contributed by atoms with Crippen molar-refractivity contribution in [3.8, 4) is 5.88 Å². The van der Waals surface area contributed by atoms with E-state index in [9.17, 15) is 0 Å². The predicted molar refractivity (Wildman–Crippen MR) is 90.9 cm³/mol. The summed E-state index contributed by atoms with van der Waals surface area (Å²) in [6.45, 7) is 7.80. The molecule has 0 amide bonds. The zero-order valence-corrected chi connectivity index (χ0v) is 13.3. The van der Waals surface area contributed by atoms with E-state index in [2.05, 4.69) is 23.7 Å². The summed E-state index contributed by atoms with van der Waals surface area (Å²) in [5.41, 5.74) is 7.47. The van der Waals surface area contributed by atoms with E-state index in [0.29, 0.717) is 17.5 Å². The fourth-order valence-corrected chi connectivity index (χ4v) is 2.42. The molecule has 0 unspecified atom stereocenters. The Labute approximate surface area is 130 Å². The molecule has 0 aliphatic heterocycles. The van der Waals surface area contributed by atoms with Crippen molar-refractivity contribution >= 4 is 28.1 Å². The van der Waals surface area contributed by atoms with Gasteiger partial charge in [0.05, 0.1) is 5.52 Å². The van der Waals surface area contributed by atoms with Gasteiger partial charge in [0.25, 0.3) is 0 Å². The summed E-state index contributed by atoms with van der Waals surface area (Å²) in [6.07, 6.45) is 0. The van der Waals surface area contributed by atoms with Crippen LogP contribution in [0, 0.1) is 0 Å². The molecule has 0 fully saturated rings. The lowest BCUT2D eigenvalue weighted by molar-refractivity contribution is 0.218. The molecule has 0 saturated heterocycles. The first kappa shape index (κ1) is 15.7. The van der Waals surface area contributed by atoms with Crippen LogP contribution in [-0.2, 0) is 0 Å². The molecule has 0 saturated carbocycles. The number of rotatable bonds is 7. The van der Waals surface area contributed by atoms with E-state index in [1.165, 1.54) is 0 Å². The minimum Gasteiger partial charge on any atom is -0.476 e. The number of para-hydroxylation sites is 1. The lowest BCUT2D eigenvalue weighted by atomic mass is 10.1. The number of thiocarbonyl (C=S) groups is 1. The second-order valence-corrected chi connectivity index (χ2v) is 5.20. The fraction of sp³-hybridized carbons (Fsp3) is 0.375. The SMILES string of the molecule is CCN(CC)CCOc1cc(C(N)=S)c2ccccc2n1. The highest BCUT2D eigenvalue weighted by Crippen LogP contribution is 2.22. The maximum absolute atomic E-state index is 5.81. The lowest BCUT2D eigenvalue weighted by Crippen LogP contribution is -2.28. The number of fused-ring (bicyclic) bond motifs is 1. The van der Waals surface area contributed by atoms with Crippen molar-refractivity contribution in [1.29, 1.82) is 0 Å². The number of likely N-dealkylation sites (N-methyl/N-ethyl adjacent to an activating group) is 1. The Hall–Kier alpha value is -1.72. The molecule has 0 radical (unpaired) electrons. The molecule has 4 nitrogen and oxygen atoms in total. The van der Waals surface area contributed by atoms with Crippen molar-refractivity contribution < 1.29 is 4.74 Å². The third kappa shape index (κ3) is 3.89. The first-order chi connectivity index (χ1) is 10.2. The number of hydrogen-bond acceptors (Lipinski definition) is 4. The Balaban J connectivity index is 2.19. The van der Waals surface area contributed by atoms with Gasteiger partial charge in [-0.25, -0.2) is 4.98 Å². The Bertz CT molecular complexity index is 626. The van der Waals surface area contributed by atoms with E-state index < -0.39 is 0 Å². The molecule has 0 aliphatic carbocycles. The van der Waals surface area contributed by atoms with Gasteiger partial charge in [-0.15, -0.1) is 0 Å². The molecule has 0 aliphatic rings. The van der Waals surface area contributed by atoms with Crippen LogP contribution in [0.25, 0.3) is 10.9 Å². The Kier molecular flexibility index (Phi) is 5.47. The van der Waals surface area contributed by atoms with Gasteiger partial charge in [-0.2, -0.15) is 0 Å². The molecule has 0 atom stereocenters. The van der Waals surface area contributed by atoms with Crippen molar-refractivity contribution in [2.75, 3.05) is 26.2 Å². The van der Waals surface area contributed by atoms with E-state index in [1.54, 1.807) is 0 Å². The second kappa shape index (κ2) is 7.33. The number of ether oxygens (including phenoxy) is 1. The van der Waals surface area contributed by atoms with Crippen LogP contribution < -0.4 is 10.5 Å². The number of benzene rings is 1. The van der Waals surface area contributed by atoms with Gasteiger partial charge in [-0.05, 0) is 19.2 Å². The standard InChI is InChI=1S/C16H21N3OS/c1-3-19(4-2)9-10-20-15-11-13(16(17)21)12-7-5-6-8-14(12)18-15/h5-8,11H,3-4,9-10H2,1-2H3,(H2,17,21). The largest absolute Gasteiger partial charge is 0.476 e. The molecule has 2 N–H and O–H groups in total. The van der Waals surface area contributed by atoms with Gasteiger partial charge in [0.15, 0.2) is 0 Å².